The van der Waals surface area contributed by atoms with E-state index >= 15 is 0 Å². The van der Waals surface area contributed by atoms with Crippen molar-refractivity contribution in [1.82, 2.24) is 5.32 Å². The number of nitrogens with one attached hydrogen (secondary N) is 1. The highest BCUT2D eigenvalue weighted by Gasteiger charge is 2.21. The summed E-state index contributed by atoms with van der Waals surface area (Å²) in [7, 11) is 0. The molecule has 4 heteroatoms. The average molecular weight is 279 g/mol. The predicted molar refractivity (Wildman–Crippen MR) is 74.7 cm³/mol. The maximum Gasteiger partial charge on any atom is 0.137 e. The Balaban J connectivity index is 1.80. The van der Waals surface area contributed by atoms with Gasteiger partial charge in [-0.1, -0.05) is 30.0 Å². The van der Waals surface area contributed by atoms with Crippen LogP contribution in [0.3, 0.4) is 0 Å². The molecule has 0 aliphatic heterocycles. The van der Waals surface area contributed by atoms with Crippen LogP contribution in [0.5, 0.6) is 0 Å². The van der Waals surface area contributed by atoms with E-state index in [2.05, 4.69) is 5.32 Å². The summed E-state index contributed by atoms with van der Waals surface area (Å²) in [5, 5.41) is 5.46. The molecule has 1 aliphatic carbocycles. The van der Waals surface area contributed by atoms with Gasteiger partial charge in [0.15, 0.2) is 0 Å². The summed E-state index contributed by atoms with van der Waals surface area (Å²) >= 11 is 3.17. The largest absolute Gasteiger partial charge is 0.310 e. The van der Waals surface area contributed by atoms with Crippen LogP contribution in [0.1, 0.15) is 18.4 Å². The van der Waals surface area contributed by atoms with Gasteiger partial charge in [-0.25, -0.2) is 4.39 Å². The molecule has 0 amide bonds. The molecule has 94 valence electrons. The molecule has 0 atom stereocenters. The number of benzene rings is 1. The second-order valence-electron chi connectivity index (χ2n) is 4.42. The predicted octanol–water partition coefficient (Wildman–Crippen LogP) is 4.29. The summed E-state index contributed by atoms with van der Waals surface area (Å²) in [6, 6.07) is 10.0. The quantitative estimate of drug-likeness (QED) is 0.876. The summed E-state index contributed by atoms with van der Waals surface area (Å²) in [5.74, 6) is -0.122. The van der Waals surface area contributed by atoms with Gasteiger partial charge >= 0.3 is 0 Å². The lowest BCUT2D eigenvalue weighted by atomic mass is 10.2. The van der Waals surface area contributed by atoms with Gasteiger partial charge in [-0.3, -0.25) is 0 Å². The van der Waals surface area contributed by atoms with Gasteiger partial charge in [0.25, 0.3) is 0 Å². The zero-order valence-electron chi connectivity index (χ0n) is 9.86. The van der Waals surface area contributed by atoms with Crippen molar-refractivity contribution in [3.63, 3.8) is 0 Å². The van der Waals surface area contributed by atoms with Gasteiger partial charge in [-0.2, -0.15) is 0 Å². The van der Waals surface area contributed by atoms with E-state index in [1.165, 1.54) is 30.7 Å². The van der Waals surface area contributed by atoms with E-state index in [0.29, 0.717) is 6.04 Å². The highest BCUT2D eigenvalue weighted by atomic mass is 32.2. The van der Waals surface area contributed by atoms with Gasteiger partial charge in [0.2, 0.25) is 0 Å². The van der Waals surface area contributed by atoms with Crippen LogP contribution in [0.2, 0.25) is 0 Å². The van der Waals surface area contributed by atoms with Crippen molar-refractivity contribution in [2.75, 3.05) is 0 Å². The van der Waals surface area contributed by atoms with Crippen LogP contribution in [0.15, 0.2) is 44.8 Å². The van der Waals surface area contributed by atoms with Crippen molar-refractivity contribution in [3.8, 4) is 0 Å². The van der Waals surface area contributed by atoms with Gasteiger partial charge in [0.05, 0.1) is 9.10 Å². The fourth-order valence-electron chi connectivity index (χ4n) is 1.77. The molecule has 1 heterocycles. The highest BCUT2D eigenvalue weighted by Crippen LogP contribution is 2.35. The highest BCUT2D eigenvalue weighted by molar-refractivity contribution is 8.01. The first kappa shape index (κ1) is 12.2. The lowest BCUT2D eigenvalue weighted by molar-refractivity contribution is 0.589. The first-order chi connectivity index (χ1) is 8.83. The van der Waals surface area contributed by atoms with Crippen molar-refractivity contribution in [3.05, 3.63) is 47.1 Å². The number of rotatable bonds is 5. The van der Waals surface area contributed by atoms with E-state index in [4.69, 9.17) is 0 Å². The minimum Gasteiger partial charge on any atom is -0.310 e. The van der Waals surface area contributed by atoms with E-state index in [9.17, 15) is 4.39 Å². The molecule has 2 aromatic rings. The van der Waals surface area contributed by atoms with Gasteiger partial charge in [0.1, 0.15) is 5.82 Å². The second kappa shape index (κ2) is 5.43. The van der Waals surface area contributed by atoms with Crippen LogP contribution in [-0.2, 0) is 6.54 Å². The molecule has 0 radical (unpaired) electrons. The Morgan fingerprint density at radius 2 is 2.17 bits per heavy atom. The van der Waals surface area contributed by atoms with Crippen molar-refractivity contribution in [1.29, 1.82) is 0 Å². The summed E-state index contributed by atoms with van der Waals surface area (Å²) in [6.07, 6.45) is 2.51. The van der Waals surface area contributed by atoms with Gasteiger partial charge in [-0.05, 0) is 35.9 Å². The summed E-state index contributed by atoms with van der Waals surface area (Å²) in [5.41, 5.74) is 1.06. The molecule has 1 aromatic heterocycles. The lowest BCUT2D eigenvalue weighted by Gasteiger charge is -2.10. The summed E-state index contributed by atoms with van der Waals surface area (Å²) in [6.45, 7) is 0.760. The molecule has 1 fully saturated rings. The molecule has 1 aliphatic rings. The van der Waals surface area contributed by atoms with E-state index in [-0.39, 0.29) is 5.82 Å². The maximum atomic E-state index is 13.9. The van der Waals surface area contributed by atoms with Gasteiger partial charge < -0.3 is 5.32 Å². The number of halogens is 1. The Kier molecular flexibility index (Phi) is 3.68. The molecule has 3 rings (SSSR count). The first-order valence-corrected chi connectivity index (χ1v) is 7.74. The van der Waals surface area contributed by atoms with Crippen molar-refractivity contribution < 1.29 is 4.39 Å². The Morgan fingerprint density at radius 1 is 1.28 bits per heavy atom. The number of hydrogen-bond donors (Lipinski definition) is 1. The first-order valence-electron chi connectivity index (χ1n) is 6.05. The second-order valence-corrected chi connectivity index (χ2v) is 6.68. The van der Waals surface area contributed by atoms with Crippen LogP contribution in [0, 0.1) is 5.82 Å². The van der Waals surface area contributed by atoms with Crippen molar-refractivity contribution in [2.24, 2.45) is 0 Å². The number of thiophene rings is 1. The van der Waals surface area contributed by atoms with Crippen LogP contribution in [0.4, 0.5) is 4.39 Å². The smallest absolute Gasteiger partial charge is 0.137 e. The molecule has 0 spiro atoms. The Bertz CT molecular complexity index is 521. The van der Waals surface area contributed by atoms with Crippen LogP contribution >= 0.6 is 23.1 Å². The van der Waals surface area contributed by atoms with E-state index in [1.807, 2.05) is 23.6 Å². The third-order valence-corrected chi connectivity index (χ3v) is 5.10. The monoisotopic (exact) mass is 279 g/mol. The number of hydrogen-bond acceptors (Lipinski definition) is 3. The van der Waals surface area contributed by atoms with Gasteiger partial charge in [0, 0.05) is 12.6 Å². The third kappa shape index (κ3) is 2.94. The molecule has 0 unspecified atom stereocenters. The average Bonchev–Trinajstić information content (AvgIpc) is 3.06. The topological polar surface area (TPSA) is 12.0 Å². The lowest BCUT2D eigenvalue weighted by Crippen LogP contribution is -2.16. The van der Waals surface area contributed by atoms with Gasteiger partial charge in [-0.15, -0.1) is 11.3 Å². The molecule has 1 N–H and O–H groups in total. The standard InChI is InChI=1S/C14H14FNS2/c15-12-4-1-3-10(9-16-11-6-7-11)14(12)18-13-5-2-8-17-13/h1-5,8,11,16H,6-7,9H2. The summed E-state index contributed by atoms with van der Waals surface area (Å²) < 4.78 is 15.1. The maximum absolute atomic E-state index is 13.9. The molecule has 0 bridgehead atoms. The fraction of sp³-hybridized carbons (Fsp3) is 0.286. The Labute approximate surface area is 114 Å². The van der Waals surface area contributed by atoms with Crippen LogP contribution in [-0.4, -0.2) is 6.04 Å². The molecule has 0 saturated heterocycles. The third-order valence-electron chi connectivity index (χ3n) is 2.90. The SMILES string of the molecule is Fc1cccc(CNC2CC2)c1Sc1cccs1. The summed E-state index contributed by atoms with van der Waals surface area (Å²) in [4.78, 5) is 0.758. The molecular formula is C14H14FNS2. The normalized spacial score (nSPS) is 14.9. The molecule has 1 aromatic carbocycles. The van der Waals surface area contributed by atoms with Crippen molar-refractivity contribution in [2.45, 2.75) is 34.5 Å². The molecule has 18 heavy (non-hydrogen) atoms. The zero-order chi connectivity index (χ0) is 12.4. The molecule has 1 saturated carbocycles. The van der Waals surface area contributed by atoms with E-state index < -0.39 is 0 Å². The Morgan fingerprint density at radius 3 is 2.89 bits per heavy atom. The fourth-order valence-corrected chi connectivity index (χ4v) is 3.61. The molecule has 1 nitrogen and oxygen atoms in total. The minimum absolute atomic E-state index is 0.122. The van der Waals surface area contributed by atoms with Crippen LogP contribution < -0.4 is 5.32 Å². The van der Waals surface area contributed by atoms with E-state index in [1.54, 1.807) is 17.4 Å². The Hall–Kier alpha value is -0.840. The van der Waals surface area contributed by atoms with Crippen LogP contribution in [0.25, 0.3) is 0 Å². The molecular weight excluding hydrogens is 265 g/mol. The van der Waals surface area contributed by atoms with E-state index in [0.717, 1.165) is 21.2 Å². The van der Waals surface area contributed by atoms with Crippen molar-refractivity contribution >= 4 is 23.1 Å². The zero-order valence-corrected chi connectivity index (χ0v) is 11.5. The minimum atomic E-state index is -0.122.